The Hall–Kier alpha value is -3.22. The van der Waals surface area contributed by atoms with Crippen molar-refractivity contribution >= 4 is 17.5 Å². The summed E-state index contributed by atoms with van der Waals surface area (Å²) in [5, 5.41) is 5.69. The molecule has 0 saturated heterocycles. The van der Waals surface area contributed by atoms with Gasteiger partial charge in [0, 0.05) is 5.56 Å². The Balaban J connectivity index is 1.50. The molecule has 1 atom stereocenters. The number of nitrogens with one attached hydrogen (secondary N) is 2. The predicted molar refractivity (Wildman–Crippen MR) is 89.0 cm³/mol. The maximum absolute atomic E-state index is 12.5. The molecule has 2 aliphatic heterocycles. The van der Waals surface area contributed by atoms with Crippen molar-refractivity contribution < 1.29 is 23.8 Å². The highest BCUT2D eigenvalue weighted by Crippen LogP contribution is 2.33. The van der Waals surface area contributed by atoms with Crippen molar-refractivity contribution in [3.05, 3.63) is 47.5 Å². The summed E-state index contributed by atoms with van der Waals surface area (Å²) in [7, 11) is 0. The monoisotopic (exact) mass is 340 g/mol. The summed E-state index contributed by atoms with van der Waals surface area (Å²) in [4.78, 5) is 23.9. The molecule has 128 valence electrons. The Kier molecular flexibility index (Phi) is 3.68. The lowest BCUT2D eigenvalue weighted by atomic mass is 10.1. The number of amides is 2. The smallest absolute Gasteiger partial charge is 0.262 e. The fourth-order valence-electron chi connectivity index (χ4n) is 2.77. The Labute approximate surface area is 143 Å². The van der Waals surface area contributed by atoms with E-state index >= 15 is 0 Å². The van der Waals surface area contributed by atoms with Gasteiger partial charge in [0.05, 0.1) is 11.7 Å². The number of carbonyl (C=O) groups excluding carboxylic acids is 2. The molecule has 2 aromatic carbocycles. The van der Waals surface area contributed by atoms with Gasteiger partial charge in [0.1, 0.15) is 5.75 Å². The van der Waals surface area contributed by atoms with Crippen LogP contribution in [0.1, 0.15) is 28.9 Å². The second-order valence-corrected chi connectivity index (χ2v) is 5.86. The average molecular weight is 340 g/mol. The van der Waals surface area contributed by atoms with Gasteiger partial charge in [-0.2, -0.15) is 0 Å². The Morgan fingerprint density at radius 1 is 1.08 bits per heavy atom. The molecule has 0 fully saturated rings. The standard InChI is InChI=1S/C18H16N2O5/c1-10(11-2-4-14-13(6-11)20-17(21)8-23-14)19-18(22)12-3-5-15-16(7-12)25-9-24-15/h2-7,10H,8-9H2,1H3,(H,19,22)(H,20,21). The van der Waals surface area contributed by atoms with Gasteiger partial charge < -0.3 is 24.8 Å². The second kappa shape index (κ2) is 6.01. The molecule has 0 spiro atoms. The van der Waals surface area contributed by atoms with Gasteiger partial charge in [-0.05, 0) is 42.8 Å². The molecule has 0 aliphatic carbocycles. The predicted octanol–water partition coefficient (Wildman–Crippen LogP) is 2.24. The zero-order chi connectivity index (χ0) is 17.4. The van der Waals surface area contributed by atoms with Gasteiger partial charge in [0.2, 0.25) is 6.79 Å². The Bertz CT molecular complexity index is 865. The number of hydrogen-bond acceptors (Lipinski definition) is 5. The first kappa shape index (κ1) is 15.3. The fourth-order valence-corrected chi connectivity index (χ4v) is 2.77. The third-order valence-corrected chi connectivity index (χ3v) is 4.12. The van der Waals surface area contributed by atoms with Crippen LogP contribution in [0, 0.1) is 0 Å². The van der Waals surface area contributed by atoms with E-state index in [1.165, 1.54) is 0 Å². The lowest BCUT2D eigenvalue weighted by Crippen LogP contribution is -2.28. The van der Waals surface area contributed by atoms with E-state index in [9.17, 15) is 9.59 Å². The van der Waals surface area contributed by atoms with Gasteiger partial charge in [0.15, 0.2) is 18.1 Å². The van der Waals surface area contributed by atoms with Crippen molar-refractivity contribution in [1.82, 2.24) is 5.32 Å². The van der Waals surface area contributed by atoms with Crippen molar-refractivity contribution in [2.45, 2.75) is 13.0 Å². The van der Waals surface area contributed by atoms with Crippen LogP contribution in [0.25, 0.3) is 0 Å². The lowest BCUT2D eigenvalue weighted by Gasteiger charge is -2.21. The van der Waals surface area contributed by atoms with E-state index in [1.807, 2.05) is 13.0 Å². The largest absolute Gasteiger partial charge is 0.482 e. The van der Waals surface area contributed by atoms with Crippen LogP contribution in [0.2, 0.25) is 0 Å². The van der Waals surface area contributed by atoms with Crippen LogP contribution >= 0.6 is 0 Å². The van der Waals surface area contributed by atoms with Gasteiger partial charge in [-0.25, -0.2) is 0 Å². The quantitative estimate of drug-likeness (QED) is 0.895. The van der Waals surface area contributed by atoms with E-state index in [2.05, 4.69) is 10.6 Å². The maximum Gasteiger partial charge on any atom is 0.262 e. The van der Waals surface area contributed by atoms with Crippen LogP contribution in [-0.4, -0.2) is 25.2 Å². The minimum atomic E-state index is -0.248. The maximum atomic E-state index is 12.5. The second-order valence-electron chi connectivity index (χ2n) is 5.86. The highest BCUT2D eigenvalue weighted by Gasteiger charge is 2.20. The van der Waals surface area contributed by atoms with Crippen LogP contribution < -0.4 is 24.8 Å². The number of hydrogen-bond donors (Lipinski definition) is 2. The number of benzene rings is 2. The van der Waals surface area contributed by atoms with Gasteiger partial charge in [0.25, 0.3) is 11.8 Å². The number of ether oxygens (including phenoxy) is 3. The molecule has 7 heteroatoms. The van der Waals surface area contributed by atoms with E-state index in [4.69, 9.17) is 14.2 Å². The number of carbonyl (C=O) groups is 2. The summed E-state index contributed by atoms with van der Waals surface area (Å²) < 4.78 is 15.9. The normalized spacial score (nSPS) is 15.6. The molecular weight excluding hydrogens is 324 g/mol. The third kappa shape index (κ3) is 2.96. The van der Waals surface area contributed by atoms with Crippen molar-refractivity contribution in [3.8, 4) is 17.2 Å². The first-order valence-electron chi connectivity index (χ1n) is 7.87. The Morgan fingerprint density at radius 2 is 1.88 bits per heavy atom. The summed E-state index contributed by atoms with van der Waals surface area (Å²) >= 11 is 0. The molecule has 0 aromatic heterocycles. The molecule has 2 heterocycles. The summed E-state index contributed by atoms with van der Waals surface area (Å²) in [6.45, 7) is 2.06. The summed E-state index contributed by atoms with van der Waals surface area (Å²) in [5.41, 5.74) is 1.96. The number of fused-ring (bicyclic) bond motifs is 2. The van der Waals surface area contributed by atoms with Gasteiger partial charge in [-0.15, -0.1) is 0 Å². The van der Waals surface area contributed by atoms with Crippen molar-refractivity contribution in [3.63, 3.8) is 0 Å². The molecule has 0 bridgehead atoms. The summed E-state index contributed by atoms with van der Waals surface area (Å²) in [6, 6.07) is 10.3. The first-order chi connectivity index (χ1) is 12.1. The average Bonchev–Trinajstić information content (AvgIpc) is 3.08. The van der Waals surface area contributed by atoms with E-state index in [1.54, 1.807) is 30.3 Å². The molecule has 1 unspecified atom stereocenters. The highest BCUT2D eigenvalue weighted by atomic mass is 16.7. The van der Waals surface area contributed by atoms with Crippen LogP contribution in [0.3, 0.4) is 0 Å². The van der Waals surface area contributed by atoms with Crippen molar-refractivity contribution in [2.75, 3.05) is 18.7 Å². The molecule has 25 heavy (non-hydrogen) atoms. The molecule has 0 saturated carbocycles. The summed E-state index contributed by atoms with van der Waals surface area (Å²) in [6.07, 6.45) is 0. The molecular formula is C18H16N2O5. The molecule has 4 rings (SSSR count). The van der Waals surface area contributed by atoms with Crippen LogP contribution in [0.5, 0.6) is 17.2 Å². The molecule has 2 N–H and O–H groups in total. The molecule has 2 amide bonds. The first-order valence-corrected chi connectivity index (χ1v) is 7.87. The minimum absolute atomic E-state index is 0.0166. The topological polar surface area (TPSA) is 85.9 Å². The zero-order valence-electron chi connectivity index (χ0n) is 13.5. The molecule has 2 aromatic rings. The molecule has 2 aliphatic rings. The van der Waals surface area contributed by atoms with Crippen molar-refractivity contribution in [1.29, 1.82) is 0 Å². The van der Waals surface area contributed by atoms with Crippen LogP contribution in [0.4, 0.5) is 5.69 Å². The van der Waals surface area contributed by atoms with Gasteiger partial charge in [-0.1, -0.05) is 6.07 Å². The van der Waals surface area contributed by atoms with Crippen LogP contribution in [0.15, 0.2) is 36.4 Å². The van der Waals surface area contributed by atoms with Gasteiger partial charge in [-0.3, -0.25) is 9.59 Å². The van der Waals surface area contributed by atoms with Crippen LogP contribution in [-0.2, 0) is 4.79 Å². The van der Waals surface area contributed by atoms with E-state index in [0.29, 0.717) is 28.5 Å². The molecule has 0 radical (unpaired) electrons. The number of rotatable bonds is 3. The Morgan fingerprint density at radius 3 is 2.76 bits per heavy atom. The zero-order valence-corrected chi connectivity index (χ0v) is 13.5. The van der Waals surface area contributed by atoms with E-state index < -0.39 is 0 Å². The van der Waals surface area contributed by atoms with E-state index in [0.717, 1.165) is 5.56 Å². The van der Waals surface area contributed by atoms with E-state index in [-0.39, 0.29) is 31.3 Å². The SMILES string of the molecule is CC(NC(=O)c1ccc2c(c1)OCO2)c1ccc2c(c1)NC(=O)CO2. The number of anilines is 1. The highest BCUT2D eigenvalue weighted by molar-refractivity contribution is 5.96. The lowest BCUT2D eigenvalue weighted by molar-refractivity contribution is -0.118. The minimum Gasteiger partial charge on any atom is -0.482 e. The third-order valence-electron chi connectivity index (χ3n) is 4.12. The fraction of sp³-hybridized carbons (Fsp3) is 0.222. The molecule has 7 nitrogen and oxygen atoms in total. The van der Waals surface area contributed by atoms with Gasteiger partial charge >= 0.3 is 0 Å². The van der Waals surface area contributed by atoms with Crippen molar-refractivity contribution in [2.24, 2.45) is 0 Å². The summed E-state index contributed by atoms with van der Waals surface area (Å²) in [5.74, 6) is 1.41.